The van der Waals surface area contributed by atoms with Gasteiger partial charge in [0.05, 0.1) is 46.9 Å². The molecule has 42 heavy (non-hydrogen) atoms. The van der Waals surface area contributed by atoms with Crippen molar-refractivity contribution >= 4 is 50.7 Å². The molecule has 0 unspecified atom stereocenters. The number of ether oxygens (including phenoxy) is 3. The van der Waals surface area contributed by atoms with Gasteiger partial charge in [-0.2, -0.15) is 5.10 Å². The molecule has 5 aromatic rings. The van der Waals surface area contributed by atoms with Crippen LogP contribution in [-0.4, -0.2) is 68.6 Å². The molecule has 5 rings (SSSR count). The Morgan fingerprint density at radius 3 is 2.64 bits per heavy atom. The number of halogens is 1. The van der Waals surface area contributed by atoms with Crippen LogP contribution in [0.5, 0.6) is 5.88 Å². The fourth-order valence-corrected chi connectivity index (χ4v) is 4.71. The maximum Gasteiger partial charge on any atom is 0.324 e. The number of carbonyl (C=O) groups is 1. The summed E-state index contributed by atoms with van der Waals surface area (Å²) in [5.41, 5.74) is 1.61. The number of nitro groups is 1. The number of amides is 1. The normalized spacial score (nSPS) is 11.1. The van der Waals surface area contributed by atoms with E-state index < -0.39 is 10.8 Å². The zero-order chi connectivity index (χ0) is 29.5. The molecule has 0 aliphatic rings. The summed E-state index contributed by atoms with van der Waals surface area (Å²) in [4.78, 5) is 37.4. The van der Waals surface area contributed by atoms with Gasteiger partial charge in [0.15, 0.2) is 11.5 Å². The van der Waals surface area contributed by atoms with Gasteiger partial charge in [0, 0.05) is 35.5 Å². The fraction of sp³-hybridized carbons (Fsp3) is 0.222. The van der Waals surface area contributed by atoms with Gasteiger partial charge in [-0.05, 0) is 37.3 Å². The molecule has 1 N–H and O–H groups in total. The molecule has 0 saturated carbocycles. The second-order valence-corrected chi connectivity index (χ2v) is 10.1. The van der Waals surface area contributed by atoms with Crippen LogP contribution in [0.25, 0.3) is 28.1 Å². The van der Waals surface area contributed by atoms with E-state index in [1.165, 1.54) is 18.3 Å². The Morgan fingerprint density at radius 1 is 1.07 bits per heavy atom. The smallest absolute Gasteiger partial charge is 0.324 e. The van der Waals surface area contributed by atoms with Gasteiger partial charge < -0.3 is 19.5 Å². The number of benzene rings is 1. The minimum absolute atomic E-state index is 0.145. The lowest BCUT2D eigenvalue weighted by Crippen LogP contribution is -2.13. The second-order valence-electron chi connectivity index (χ2n) is 8.56. The zero-order valence-electron chi connectivity index (χ0n) is 22.2. The molecular formula is C27H24ClN7O6S. The van der Waals surface area contributed by atoms with Crippen LogP contribution in [0.4, 0.5) is 10.8 Å². The van der Waals surface area contributed by atoms with E-state index in [-0.39, 0.29) is 21.5 Å². The van der Waals surface area contributed by atoms with Crippen molar-refractivity contribution in [1.29, 1.82) is 0 Å². The highest BCUT2D eigenvalue weighted by molar-refractivity contribution is 7.17. The number of carbonyl (C=O) groups excluding carboxylic acids is 1. The van der Waals surface area contributed by atoms with Crippen LogP contribution in [0.2, 0.25) is 5.02 Å². The number of nitrogens with one attached hydrogen (secondary N) is 1. The molecule has 216 valence electrons. The van der Waals surface area contributed by atoms with E-state index in [0.717, 1.165) is 11.3 Å². The first kappa shape index (κ1) is 29.0. The summed E-state index contributed by atoms with van der Waals surface area (Å²) < 4.78 is 17.9. The van der Waals surface area contributed by atoms with Crippen LogP contribution < -0.4 is 10.1 Å². The number of nitrogens with zero attached hydrogens (tertiary/aromatic N) is 6. The van der Waals surface area contributed by atoms with Gasteiger partial charge in [-0.1, -0.05) is 29.0 Å². The number of thiophene rings is 1. The molecule has 0 radical (unpaired) electrons. The van der Waals surface area contributed by atoms with Crippen molar-refractivity contribution in [3.05, 3.63) is 80.9 Å². The Bertz CT molecular complexity index is 1710. The summed E-state index contributed by atoms with van der Waals surface area (Å²) in [6, 6.07) is 13.2. The predicted octanol–water partition coefficient (Wildman–Crippen LogP) is 5.18. The predicted molar refractivity (Wildman–Crippen MR) is 157 cm³/mol. The Morgan fingerprint density at radius 2 is 1.90 bits per heavy atom. The molecular weight excluding hydrogens is 586 g/mol. The molecule has 0 aliphatic carbocycles. The van der Waals surface area contributed by atoms with E-state index in [1.807, 2.05) is 13.0 Å². The molecule has 4 aromatic heterocycles. The highest BCUT2D eigenvalue weighted by atomic mass is 35.5. The molecule has 1 aromatic carbocycles. The van der Waals surface area contributed by atoms with Crippen molar-refractivity contribution in [3.8, 4) is 23.0 Å². The number of fused-ring (bicyclic) bond motifs is 1. The number of aromatic nitrogens is 5. The molecule has 13 nitrogen and oxygen atoms in total. The molecule has 0 atom stereocenters. The van der Waals surface area contributed by atoms with Crippen LogP contribution >= 0.6 is 22.9 Å². The third-order valence-electron chi connectivity index (χ3n) is 5.76. The Balaban J connectivity index is 1.42. The van der Waals surface area contributed by atoms with Crippen LogP contribution in [0.1, 0.15) is 16.6 Å². The van der Waals surface area contributed by atoms with Crippen molar-refractivity contribution < 1.29 is 23.9 Å². The molecule has 15 heteroatoms. The van der Waals surface area contributed by atoms with Gasteiger partial charge in [-0.15, -0.1) is 0 Å². The first-order chi connectivity index (χ1) is 20.4. The first-order valence-electron chi connectivity index (χ1n) is 12.7. The minimum atomic E-state index is -0.556. The summed E-state index contributed by atoms with van der Waals surface area (Å²) in [7, 11) is 0. The van der Waals surface area contributed by atoms with Gasteiger partial charge in [0.1, 0.15) is 12.4 Å². The molecule has 0 fully saturated rings. The number of hydrogen-bond donors (Lipinski definition) is 1. The average molecular weight is 610 g/mol. The average Bonchev–Trinajstić information content (AvgIpc) is 3.66. The summed E-state index contributed by atoms with van der Waals surface area (Å²) in [5, 5.41) is 19.1. The van der Waals surface area contributed by atoms with E-state index in [1.54, 1.807) is 41.2 Å². The van der Waals surface area contributed by atoms with Gasteiger partial charge in [-0.3, -0.25) is 14.9 Å². The number of anilines is 1. The lowest BCUT2D eigenvalue weighted by molar-refractivity contribution is -0.380. The SMILES string of the molecule is CCOCCOCCOc1ccc(-c2nc(NC(=O)c3ccc([N+](=O)[O-])s3)c3cnn(-c4cccc(Cl)c4)c3n2)cn1. The molecule has 1 amide bonds. The Labute approximate surface area is 248 Å². The van der Waals surface area contributed by atoms with Crippen molar-refractivity contribution in [3.63, 3.8) is 0 Å². The van der Waals surface area contributed by atoms with Crippen molar-refractivity contribution in [2.45, 2.75) is 6.92 Å². The maximum atomic E-state index is 13.0. The maximum absolute atomic E-state index is 13.0. The van der Waals surface area contributed by atoms with Gasteiger partial charge in [0.25, 0.3) is 5.91 Å². The van der Waals surface area contributed by atoms with Crippen molar-refractivity contribution in [2.75, 3.05) is 38.4 Å². The molecule has 0 aliphatic heterocycles. The third-order valence-corrected chi connectivity index (χ3v) is 7.03. The molecule has 4 heterocycles. The number of rotatable bonds is 13. The van der Waals surface area contributed by atoms with Crippen LogP contribution in [-0.2, 0) is 9.47 Å². The highest BCUT2D eigenvalue weighted by Crippen LogP contribution is 2.29. The van der Waals surface area contributed by atoms with Crippen LogP contribution in [0, 0.1) is 10.1 Å². The standard InChI is InChI=1S/C27H24ClN7O6S/c1-2-39-10-11-40-12-13-41-22-8-6-17(15-29-22)24-31-25(33-27(36)21-7-9-23(42-21)35(37)38)20-16-30-34(26(20)32-24)19-5-3-4-18(28)14-19/h3-9,14-16H,2,10-13H2,1H3,(H,31,32,33,36). The molecule has 0 saturated heterocycles. The summed E-state index contributed by atoms with van der Waals surface area (Å²) >= 11 is 6.97. The zero-order valence-corrected chi connectivity index (χ0v) is 23.8. The van der Waals surface area contributed by atoms with E-state index >= 15 is 0 Å². The van der Waals surface area contributed by atoms with Gasteiger partial charge in [0.2, 0.25) is 5.88 Å². The Hall–Kier alpha value is -4.50. The van der Waals surface area contributed by atoms with Crippen LogP contribution in [0.15, 0.2) is 60.9 Å². The number of hydrogen-bond acceptors (Lipinski definition) is 11. The van der Waals surface area contributed by atoms with E-state index in [2.05, 4.69) is 20.4 Å². The second kappa shape index (κ2) is 13.4. The summed E-state index contributed by atoms with van der Waals surface area (Å²) in [6.07, 6.45) is 3.08. The summed E-state index contributed by atoms with van der Waals surface area (Å²) in [5.74, 6) is 0.274. The van der Waals surface area contributed by atoms with Crippen molar-refractivity contribution in [1.82, 2.24) is 24.7 Å². The molecule has 0 bridgehead atoms. The first-order valence-corrected chi connectivity index (χ1v) is 13.9. The fourth-order valence-electron chi connectivity index (χ4n) is 3.81. The van der Waals surface area contributed by atoms with Crippen molar-refractivity contribution in [2.24, 2.45) is 0 Å². The Kier molecular flexibility index (Phi) is 9.28. The van der Waals surface area contributed by atoms with Gasteiger partial charge in [-0.25, -0.2) is 19.6 Å². The largest absolute Gasteiger partial charge is 0.475 e. The van der Waals surface area contributed by atoms with E-state index in [4.69, 9.17) is 30.8 Å². The van der Waals surface area contributed by atoms with E-state index in [9.17, 15) is 14.9 Å². The third kappa shape index (κ3) is 6.86. The molecule has 0 spiro atoms. The highest BCUT2D eigenvalue weighted by Gasteiger charge is 2.20. The topological polar surface area (TPSA) is 156 Å². The lowest BCUT2D eigenvalue weighted by atomic mass is 10.2. The lowest BCUT2D eigenvalue weighted by Gasteiger charge is -2.10. The quantitative estimate of drug-likeness (QED) is 0.107. The summed E-state index contributed by atoms with van der Waals surface area (Å²) in [6.45, 7) is 4.28. The number of pyridine rings is 1. The monoisotopic (exact) mass is 609 g/mol. The van der Waals surface area contributed by atoms with Gasteiger partial charge >= 0.3 is 5.00 Å². The van der Waals surface area contributed by atoms with Crippen LogP contribution in [0.3, 0.4) is 0 Å². The minimum Gasteiger partial charge on any atom is -0.475 e. The van der Waals surface area contributed by atoms with E-state index in [0.29, 0.717) is 66.2 Å².